The Kier molecular flexibility index (Phi) is 4.80. The van der Waals surface area contributed by atoms with E-state index in [4.69, 9.17) is 0 Å². The molecular weight excluding hydrogens is 311 g/mol. The molecular formula is C14H17FN2O4S. The molecule has 1 saturated heterocycles. The third kappa shape index (κ3) is 3.11. The zero-order valence-corrected chi connectivity index (χ0v) is 12.7. The van der Waals surface area contributed by atoms with Crippen LogP contribution in [0.5, 0.6) is 0 Å². The number of para-hydroxylation sites is 1. The van der Waals surface area contributed by atoms with Crippen molar-refractivity contribution in [2.75, 3.05) is 17.7 Å². The van der Waals surface area contributed by atoms with Crippen LogP contribution in [0, 0.1) is 0 Å². The van der Waals surface area contributed by atoms with Gasteiger partial charge in [0.05, 0.1) is 12.4 Å². The second-order valence-corrected chi connectivity index (χ2v) is 7.39. The quantitative estimate of drug-likeness (QED) is 0.760. The monoisotopic (exact) mass is 328 g/mol. The van der Waals surface area contributed by atoms with E-state index in [-0.39, 0.29) is 19.3 Å². The number of hydrogen-bond donors (Lipinski definition) is 2. The molecule has 0 saturated carbocycles. The van der Waals surface area contributed by atoms with Crippen molar-refractivity contribution in [2.45, 2.75) is 24.1 Å². The highest BCUT2D eigenvalue weighted by Crippen LogP contribution is 2.30. The second-order valence-electron chi connectivity index (χ2n) is 5.06. The van der Waals surface area contributed by atoms with Gasteiger partial charge in [-0.2, -0.15) is 0 Å². The van der Waals surface area contributed by atoms with Crippen LogP contribution in [0.2, 0.25) is 0 Å². The van der Waals surface area contributed by atoms with Gasteiger partial charge in [-0.3, -0.25) is 19.3 Å². The summed E-state index contributed by atoms with van der Waals surface area (Å²) in [6, 6.07) is 8.37. The molecule has 1 aromatic rings. The molecule has 0 bridgehead atoms. The van der Waals surface area contributed by atoms with Crippen LogP contribution in [0.3, 0.4) is 0 Å². The molecule has 1 aliphatic heterocycles. The molecule has 22 heavy (non-hydrogen) atoms. The molecule has 1 heterocycles. The number of carbonyl (C=O) groups excluding carboxylic acids is 2. The lowest BCUT2D eigenvalue weighted by Crippen LogP contribution is -2.62. The van der Waals surface area contributed by atoms with Crippen molar-refractivity contribution in [1.29, 1.82) is 0 Å². The number of anilines is 1. The second kappa shape index (κ2) is 6.43. The molecule has 0 radical (unpaired) electrons. The van der Waals surface area contributed by atoms with Crippen LogP contribution in [0.25, 0.3) is 0 Å². The third-order valence-corrected chi connectivity index (χ3v) is 5.90. The Morgan fingerprint density at radius 2 is 1.91 bits per heavy atom. The summed E-state index contributed by atoms with van der Waals surface area (Å²) >= 11 is 0. The summed E-state index contributed by atoms with van der Waals surface area (Å²) in [6.07, 6.45) is -0.469. The Morgan fingerprint density at radius 1 is 1.23 bits per heavy atom. The summed E-state index contributed by atoms with van der Waals surface area (Å²) < 4.78 is 37.5. The highest BCUT2D eigenvalue weighted by atomic mass is 32.2. The molecule has 1 unspecified atom stereocenters. The minimum Gasteiger partial charge on any atom is -0.359 e. The Morgan fingerprint density at radius 3 is 2.50 bits per heavy atom. The van der Waals surface area contributed by atoms with E-state index >= 15 is 0 Å². The summed E-state index contributed by atoms with van der Waals surface area (Å²) in [5.41, 5.74) is 0.441. The average molecular weight is 328 g/mol. The molecule has 6 nitrogen and oxygen atoms in total. The van der Waals surface area contributed by atoms with Gasteiger partial charge in [-0.05, 0) is 18.6 Å². The molecule has 1 fully saturated rings. The summed E-state index contributed by atoms with van der Waals surface area (Å²) in [4.78, 5) is 21.7. The number of alkyl halides is 1. The van der Waals surface area contributed by atoms with Gasteiger partial charge in [0, 0.05) is 18.5 Å². The third-order valence-electron chi connectivity index (χ3n) is 3.52. The molecule has 1 aromatic carbocycles. The van der Waals surface area contributed by atoms with Gasteiger partial charge in [-0.25, -0.2) is 8.42 Å². The Bertz CT molecular complexity index is 663. The molecule has 2 amide bonds. The van der Waals surface area contributed by atoms with Gasteiger partial charge in [0.1, 0.15) is 0 Å². The minimum absolute atomic E-state index is 0.0968. The fraction of sp³-hybridized carbons (Fsp3) is 0.429. The summed E-state index contributed by atoms with van der Waals surface area (Å²) in [7, 11) is -3.99. The Balaban J connectivity index is 2.40. The fourth-order valence-electron chi connectivity index (χ4n) is 2.36. The molecule has 120 valence electrons. The first-order chi connectivity index (χ1) is 10.4. The number of carbonyl (C=O) groups is 2. The Labute approximate surface area is 128 Å². The van der Waals surface area contributed by atoms with Gasteiger partial charge < -0.3 is 5.32 Å². The van der Waals surface area contributed by atoms with Crippen molar-refractivity contribution in [2.24, 2.45) is 0 Å². The normalized spacial score (nSPS) is 22.2. The van der Waals surface area contributed by atoms with Crippen molar-refractivity contribution in [3.8, 4) is 0 Å². The largest absolute Gasteiger partial charge is 0.359 e. The number of nitrogens with one attached hydrogen (secondary N) is 2. The van der Waals surface area contributed by atoms with Gasteiger partial charge in [-0.1, -0.05) is 18.2 Å². The molecule has 0 spiro atoms. The topological polar surface area (TPSA) is 92.3 Å². The van der Waals surface area contributed by atoms with Crippen LogP contribution in [-0.2, 0) is 19.4 Å². The van der Waals surface area contributed by atoms with Crippen LogP contribution in [0.1, 0.15) is 19.3 Å². The van der Waals surface area contributed by atoms with E-state index in [0.29, 0.717) is 5.69 Å². The van der Waals surface area contributed by atoms with Crippen molar-refractivity contribution in [1.82, 2.24) is 5.32 Å². The molecule has 1 atom stereocenters. The maximum absolute atomic E-state index is 12.6. The average Bonchev–Trinajstić information content (AvgIpc) is 2.49. The van der Waals surface area contributed by atoms with Crippen LogP contribution in [-0.4, -0.2) is 37.5 Å². The van der Waals surface area contributed by atoms with Gasteiger partial charge in [0.15, 0.2) is 9.84 Å². The van der Waals surface area contributed by atoms with Gasteiger partial charge in [0.2, 0.25) is 10.8 Å². The molecule has 0 aromatic heterocycles. The maximum Gasteiger partial charge on any atom is 0.268 e. The molecule has 1 aliphatic rings. The van der Waals surface area contributed by atoms with Gasteiger partial charge in [0.25, 0.3) is 5.91 Å². The summed E-state index contributed by atoms with van der Waals surface area (Å²) in [5.74, 6) is -1.90. The fourth-order valence-corrected chi connectivity index (χ4v) is 4.22. The smallest absolute Gasteiger partial charge is 0.268 e. The van der Waals surface area contributed by atoms with Crippen LogP contribution in [0.15, 0.2) is 30.3 Å². The standard InChI is InChI=1S/C14H17FN2O4S/c15-9-4-10-22(20,21)14(8-7-12(18)16-13(14)19)17-11-5-2-1-3-6-11/h1-3,5-6,17H,4,7-10H2,(H,16,18,19). The molecule has 0 aliphatic carbocycles. The number of halogens is 1. The zero-order valence-electron chi connectivity index (χ0n) is 11.8. The maximum atomic E-state index is 12.6. The van der Waals surface area contributed by atoms with Crippen LogP contribution < -0.4 is 10.6 Å². The number of rotatable bonds is 6. The SMILES string of the molecule is O=C1CCC(Nc2ccccc2)(S(=O)(=O)CCCF)C(=O)N1. The van der Waals surface area contributed by atoms with E-state index in [9.17, 15) is 22.4 Å². The predicted molar refractivity (Wildman–Crippen MR) is 79.6 cm³/mol. The van der Waals surface area contributed by atoms with E-state index in [1.165, 1.54) is 0 Å². The number of piperidine rings is 1. The number of sulfone groups is 1. The van der Waals surface area contributed by atoms with Crippen molar-refractivity contribution >= 4 is 27.3 Å². The Hall–Kier alpha value is -1.96. The van der Waals surface area contributed by atoms with E-state index in [1.807, 2.05) is 0 Å². The van der Waals surface area contributed by atoms with Gasteiger partial charge >= 0.3 is 0 Å². The van der Waals surface area contributed by atoms with E-state index in [0.717, 1.165) is 0 Å². The van der Waals surface area contributed by atoms with E-state index in [2.05, 4.69) is 10.6 Å². The van der Waals surface area contributed by atoms with Crippen LogP contribution in [0.4, 0.5) is 10.1 Å². The summed E-state index contributed by atoms with van der Waals surface area (Å²) in [6.45, 7) is -0.790. The van der Waals surface area contributed by atoms with Crippen LogP contribution >= 0.6 is 0 Å². The predicted octanol–water partition coefficient (Wildman–Crippen LogP) is 1.01. The molecule has 8 heteroatoms. The lowest BCUT2D eigenvalue weighted by molar-refractivity contribution is -0.134. The lowest BCUT2D eigenvalue weighted by Gasteiger charge is -2.36. The minimum atomic E-state index is -3.99. The number of hydrogen-bond acceptors (Lipinski definition) is 5. The first-order valence-corrected chi connectivity index (χ1v) is 8.52. The summed E-state index contributed by atoms with van der Waals surface area (Å²) in [5, 5.41) is 4.80. The van der Waals surface area contributed by atoms with Gasteiger partial charge in [-0.15, -0.1) is 0 Å². The van der Waals surface area contributed by atoms with Crippen molar-refractivity contribution in [3.05, 3.63) is 30.3 Å². The van der Waals surface area contributed by atoms with Crippen molar-refractivity contribution in [3.63, 3.8) is 0 Å². The first kappa shape index (κ1) is 16.4. The molecule has 2 N–H and O–H groups in total. The van der Waals surface area contributed by atoms with E-state index < -0.39 is 39.0 Å². The number of benzene rings is 1. The number of amides is 2. The first-order valence-electron chi connectivity index (χ1n) is 6.87. The van der Waals surface area contributed by atoms with E-state index in [1.54, 1.807) is 30.3 Å². The highest BCUT2D eigenvalue weighted by molar-refractivity contribution is 7.93. The zero-order chi connectivity index (χ0) is 16.2. The number of imide groups is 1. The molecule has 2 rings (SSSR count). The van der Waals surface area contributed by atoms with Crippen molar-refractivity contribution < 1.29 is 22.4 Å². The highest BCUT2D eigenvalue weighted by Gasteiger charge is 2.53. The lowest BCUT2D eigenvalue weighted by atomic mass is 10.0.